The molecule has 0 aliphatic carbocycles. The third-order valence-corrected chi connectivity index (χ3v) is 2.88. The summed E-state index contributed by atoms with van der Waals surface area (Å²) >= 11 is 0. The van der Waals surface area contributed by atoms with Crippen molar-refractivity contribution >= 4 is 11.6 Å². The molecule has 1 aromatic heterocycles. The molecule has 2 rings (SSSR count). The van der Waals surface area contributed by atoms with Crippen LogP contribution in [0.1, 0.15) is 29.0 Å². The Morgan fingerprint density at radius 2 is 2.31 bits per heavy atom. The lowest BCUT2D eigenvalue weighted by Gasteiger charge is -2.04. The molecule has 4 heteroatoms. The highest BCUT2D eigenvalue weighted by molar-refractivity contribution is 6.09. The largest absolute Gasteiger partial charge is 0.469 e. The number of aryl methyl sites for hydroxylation is 1. The van der Waals surface area contributed by atoms with Crippen LogP contribution in [-0.4, -0.2) is 24.8 Å². The molecule has 1 aromatic rings. The van der Waals surface area contributed by atoms with Crippen molar-refractivity contribution in [3.8, 4) is 0 Å². The smallest absolute Gasteiger partial charge is 0.173 e. The minimum atomic E-state index is -0.164. The Kier molecular flexibility index (Phi) is 3.19. The zero-order valence-corrected chi connectivity index (χ0v) is 9.19. The van der Waals surface area contributed by atoms with E-state index in [-0.39, 0.29) is 23.9 Å². The van der Waals surface area contributed by atoms with Crippen LogP contribution >= 0.6 is 0 Å². The zero-order valence-electron chi connectivity index (χ0n) is 9.19. The summed E-state index contributed by atoms with van der Waals surface area (Å²) in [5, 5.41) is 0. The van der Waals surface area contributed by atoms with Gasteiger partial charge in [-0.25, -0.2) is 0 Å². The average Bonchev–Trinajstić information content (AvgIpc) is 2.86. The van der Waals surface area contributed by atoms with E-state index in [2.05, 4.69) is 0 Å². The number of furan rings is 1. The lowest BCUT2D eigenvalue weighted by molar-refractivity contribution is -0.121. The Morgan fingerprint density at radius 3 is 2.88 bits per heavy atom. The maximum absolute atomic E-state index is 11.8. The van der Waals surface area contributed by atoms with Gasteiger partial charge >= 0.3 is 0 Å². The number of hydrogen-bond donors (Lipinski definition) is 0. The number of Topliss-reactive ketones (excluding diaryl/α,β-unsaturated/α-hetero) is 2. The van der Waals surface area contributed by atoms with E-state index in [0.717, 1.165) is 6.42 Å². The SMILES string of the molecule is Cc1occc1C(=O)CC(=O)C1CCOC1. The van der Waals surface area contributed by atoms with Gasteiger partial charge in [0.15, 0.2) is 5.78 Å². The van der Waals surface area contributed by atoms with E-state index >= 15 is 0 Å². The van der Waals surface area contributed by atoms with Crippen LogP contribution in [0, 0.1) is 12.8 Å². The van der Waals surface area contributed by atoms with Crippen LogP contribution in [0.4, 0.5) is 0 Å². The van der Waals surface area contributed by atoms with E-state index in [1.807, 2.05) is 0 Å². The van der Waals surface area contributed by atoms with Gasteiger partial charge in [-0.15, -0.1) is 0 Å². The summed E-state index contributed by atoms with van der Waals surface area (Å²) in [5.74, 6) is 0.280. The van der Waals surface area contributed by atoms with Gasteiger partial charge in [-0.05, 0) is 19.4 Å². The van der Waals surface area contributed by atoms with Crippen LogP contribution in [0.5, 0.6) is 0 Å². The number of carbonyl (C=O) groups excluding carboxylic acids is 2. The molecule has 1 aliphatic rings. The van der Waals surface area contributed by atoms with Crippen molar-refractivity contribution in [2.45, 2.75) is 19.8 Å². The van der Waals surface area contributed by atoms with Gasteiger partial charge in [-0.3, -0.25) is 9.59 Å². The summed E-state index contributed by atoms with van der Waals surface area (Å²) in [7, 11) is 0. The number of hydrogen-bond acceptors (Lipinski definition) is 4. The average molecular weight is 222 g/mol. The Labute approximate surface area is 93.6 Å². The topological polar surface area (TPSA) is 56.5 Å². The van der Waals surface area contributed by atoms with Crippen molar-refractivity contribution in [3.63, 3.8) is 0 Å². The molecule has 0 radical (unpaired) electrons. The van der Waals surface area contributed by atoms with Crippen molar-refractivity contribution in [3.05, 3.63) is 23.7 Å². The van der Waals surface area contributed by atoms with Crippen LogP contribution in [0.15, 0.2) is 16.7 Å². The Bertz CT molecular complexity index is 399. The van der Waals surface area contributed by atoms with Crippen LogP contribution < -0.4 is 0 Å². The van der Waals surface area contributed by atoms with Gasteiger partial charge in [0, 0.05) is 12.5 Å². The Morgan fingerprint density at radius 1 is 1.50 bits per heavy atom. The van der Waals surface area contributed by atoms with Crippen molar-refractivity contribution in [2.75, 3.05) is 13.2 Å². The van der Waals surface area contributed by atoms with Gasteiger partial charge in [0.05, 0.1) is 24.9 Å². The van der Waals surface area contributed by atoms with Crippen molar-refractivity contribution in [1.29, 1.82) is 0 Å². The third kappa shape index (κ3) is 2.22. The molecule has 86 valence electrons. The molecule has 1 saturated heterocycles. The lowest BCUT2D eigenvalue weighted by Crippen LogP contribution is -2.18. The molecule has 1 fully saturated rings. The second-order valence-corrected chi connectivity index (χ2v) is 4.02. The normalized spacial score (nSPS) is 19.9. The van der Waals surface area contributed by atoms with E-state index < -0.39 is 0 Å². The van der Waals surface area contributed by atoms with E-state index in [1.54, 1.807) is 13.0 Å². The molecule has 1 atom stereocenters. The monoisotopic (exact) mass is 222 g/mol. The maximum atomic E-state index is 11.8. The highest BCUT2D eigenvalue weighted by atomic mass is 16.5. The first kappa shape index (κ1) is 11.1. The van der Waals surface area contributed by atoms with E-state index in [1.165, 1.54) is 6.26 Å². The van der Waals surface area contributed by atoms with E-state index in [4.69, 9.17) is 9.15 Å². The minimum Gasteiger partial charge on any atom is -0.469 e. The summed E-state index contributed by atoms with van der Waals surface area (Å²) in [5.41, 5.74) is 0.507. The quantitative estimate of drug-likeness (QED) is 0.575. The molecule has 0 amide bonds. The molecule has 4 nitrogen and oxygen atoms in total. The molecule has 2 heterocycles. The molecule has 1 unspecified atom stereocenters. The maximum Gasteiger partial charge on any atom is 0.173 e. The first-order valence-corrected chi connectivity index (χ1v) is 5.36. The second kappa shape index (κ2) is 4.61. The molecule has 0 saturated carbocycles. The molecule has 0 bridgehead atoms. The summed E-state index contributed by atoms with van der Waals surface area (Å²) in [6.07, 6.45) is 2.15. The van der Waals surface area contributed by atoms with Gasteiger partial charge in [0.25, 0.3) is 0 Å². The predicted molar refractivity (Wildman–Crippen MR) is 56.3 cm³/mol. The summed E-state index contributed by atoms with van der Waals surface area (Å²) in [4.78, 5) is 23.5. The molecule has 0 spiro atoms. The van der Waals surface area contributed by atoms with Gasteiger partial charge in [-0.2, -0.15) is 0 Å². The number of ketones is 2. The summed E-state index contributed by atoms with van der Waals surface area (Å²) in [6, 6.07) is 1.61. The lowest BCUT2D eigenvalue weighted by atomic mass is 9.97. The van der Waals surface area contributed by atoms with Gasteiger partial charge < -0.3 is 9.15 Å². The van der Waals surface area contributed by atoms with Crippen molar-refractivity contribution in [1.82, 2.24) is 0 Å². The highest BCUT2D eigenvalue weighted by Crippen LogP contribution is 2.18. The molecular weight excluding hydrogens is 208 g/mol. The number of carbonyl (C=O) groups is 2. The number of ether oxygens (including phenoxy) is 1. The summed E-state index contributed by atoms with van der Waals surface area (Å²) in [6.45, 7) is 2.79. The van der Waals surface area contributed by atoms with Crippen LogP contribution in [0.2, 0.25) is 0 Å². The van der Waals surface area contributed by atoms with Gasteiger partial charge in [0.2, 0.25) is 0 Å². The molecule has 0 aromatic carbocycles. The van der Waals surface area contributed by atoms with Crippen LogP contribution in [0.3, 0.4) is 0 Å². The van der Waals surface area contributed by atoms with Crippen molar-refractivity contribution in [2.24, 2.45) is 5.92 Å². The second-order valence-electron chi connectivity index (χ2n) is 4.02. The predicted octanol–water partition coefficient (Wildman–Crippen LogP) is 1.77. The Hall–Kier alpha value is -1.42. The van der Waals surface area contributed by atoms with Crippen LogP contribution in [-0.2, 0) is 9.53 Å². The van der Waals surface area contributed by atoms with Gasteiger partial charge in [0.1, 0.15) is 11.5 Å². The van der Waals surface area contributed by atoms with Crippen molar-refractivity contribution < 1.29 is 18.7 Å². The molecule has 0 N–H and O–H groups in total. The number of rotatable bonds is 4. The molecule has 1 aliphatic heterocycles. The van der Waals surface area contributed by atoms with E-state index in [0.29, 0.717) is 24.5 Å². The summed E-state index contributed by atoms with van der Waals surface area (Å²) < 4.78 is 10.2. The first-order chi connectivity index (χ1) is 7.68. The Balaban J connectivity index is 1.97. The fourth-order valence-electron chi connectivity index (χ4n) is 1.86. The van der Waals surface area contributed by atoms with E-state index in [9.17, 15) is 9.59 Å². The van der Waals surface area contributed by atoms with Gasteiger partial charge in [-0.1, -0.05) is 0 Å². The molecule has 16 heavy (non-hydrogen) atoms. The highest BCUT2D eigenvalue weighted by Gasteiger charge is 2.26. The fraction of sp³-hybridized carbons (Fsp3) is 0.500. The minimum absolute atomic E-state index is 0.0249. The van der Waals surface area contributed by atoms with Crippen LogP contribution in [0.25, 0.3) is 0 Å². The zero-order chi connectivity index (χ0) is 11.5. The fourth-order valence-corrected chi connectivity index (χ4v) is 1.86. The molecular formula is C12H14O4. The standard InChI is InChI=1S/C12H14O4/c1-8-10(3-5-16-8)12(14)6-11(13)9-2-4-15-7-9/h3,5,9H,2,4,6-7H2,1H3. The third-order valence-electron chi connectivity index (χ3n) is 2.88. The first-order valence-electron chi connectivity index (χ1n) is 5.36.